The highest BCUT2D eigenvalue weighted by atomic mass is 32.2. The van der Waals surface area contributed by atoms with E-state index in [-0.39, 0.29) is 29.7 Å². The lowest BCUT2D eigenvalue weighted by Crippen LogP contribution is -2.42. The van der Waals surface area contributed by atoms with Gasteiger partial charge in [-0.05, 0) is 61.9 Å². The van der Waals surface area contributed by atoms with Gasteiger partial charge in [0.1, 0.15) is 5.82 Å². The first-order valence-corrected chi connectivity index (χ1v) is 12.3. The number of nitrogens with one attached hydrogen (secondary N) is 1. The lowest BCUT2D eigenvalue weighted by atomic mass is 10.0. The third-order valence-corrected chi connectivity index (χ3v) is 7.35. The van der Waals surface area contributed by atoms with Crippen LogP contribution in [0.2, 0.25) is 0 Å². The Bertz CT molecular complexity index is 1290. The Morgan fingerprint density at radius 2 is 1.68 bits per heavy atom. The summed E-state index contributed by atoms with van der Waals surface area (Å²) in [6, 6.07) is 11.5. The van der Waals surface area contributed by atoms with Gasteiger partial charge in [0.05, 0.1) is 12.3 Å². The number of anilines is 2. The Balaban J connectivity index is 1.96. The number of thioether (sulfide) groups is 1. The van der Waals surface area contributed by atoms with Gasteiger partial charge in [0.2, 0.25) is 5.91 Å². The predicted octanol–water partition coefficient (Wildman–Crippen LogP) is 3.94. The number of H-pyrrole nitrogens is 1. The molecule has 3 aromatic rings. The molecule has 1 heterocycles. The molecule has 0 bridgehead atoms. The highest BCUT2D eigenvalue weighted by Crippen LogP contribution is 2.31. The van der Waals surface area contributed by atoms with Crippen molar-refractivity contribution < 1.29 is 4.79 Å². The van der Waals surface area contributed by atoms with Gasteiger partial charge in [0, 0.05) is 11.4 Å². The number of nitrogens with zero attached hydrogens (tertiary/aromatic N) is 2. The summed E-state index contributed by atoms with van der Waals surface area (Å²) in [5.41, 5.74) is 10.6. The fourth-order valence-electron chi connectivity index (χ4n) is 3.95. The normalized spacial score (nSPS) is 11.0. The van der Waals surface area contributed by atoms with Crippen LogP contribution >= 0.6 is 11.8 Å². The molecule has 0 aliphatic heterocycles. The Hall–Kier alpha value is -3.26. The number of amides is 1. The van der Waals surface area contributed by atoms with Gasteiger partial charge < -0.3 is 10.6 Å². The van der Waals surface area contributed by atoms with Crippen LogP contribution in [-0.2, 0) is 11.3 Å². The Labute approximate surface area is 204 Å². The van der Waals surface area contributed by atoms with E-state index in [1.165, 1.54) is 32.4 Å². The molecule has 0 saturated heterocycles. The van der Waals surface area contributed by atoms with E-state index in [1.807, 2.05) is 37.3 Å². The van der Waals surface area contributed by atoms with Crippen LogP contribution in [0.25, 0.3) is 0 Å². The number of rotatable bonds is 8. The first kappa shape index (κ1) is 25.4. The molecular formula is C26H32N4O3S. The third-order valence-electron chi connectivity index (χ3n) is 6.05. The number of aryl methyl sites for hydroxylation is 2. The van der Waals surface area contributed by atoms with Crippen LogP contribution in [0.3, 0.4) is 0 Å². The van der Waals surface area contributed by atoms with Crippen LogP contribution in [0.4, 0.5) is 11.5 Å². The van der Waals surface area contributed by atoms with Crippen molar-refractivity contribution in [2.24, 2.45) is 0 Å². The predicted molar refractivity (Wildman–Crippen MR) is 140 cm³/mol. The first-order valence-electron chi connectivity index (χ1n) is 11.3. The van der Waals surface area contributed by atoms with Crippen LogP contribution < -0.4 is 21.9 Å². The monoisotopic (exact) mass is 480 g/mol. The zero-order chi connectivity index (χ0) is 25.0. The maximum Gasteiger partial charge on any atom is 0.330 e. The van der Waals surface area contributed by atoms with Gasteiger partial charge in [-0.2, -0.15) is 0 Å². The van der Waals surface area contributed by atoms with Crippen molar-refractivity contribution >= 4 is 29.2 Å². The molecule has 0 fully saturated rings. The van der Waals surface area contributed by atoms with Crippen molar-refractivity contribution in [3.63, 3.8) is 0 Å². The number of nitrogens with two attached hydrogens (primary N) is 1. The lowest BCUT2D eigenvalue weighted by molar-refractivity contribution is -0.116. The van der Waals surface area contributed by atoms with Crippen molar-refractivity contribution in [1.29, 1.82) is 0 Å². The van der Waals surface area contributed by atoms with Crippen molar-refractivity contribution in [2.45, 2.75) is 52.5 Å². The molecule has 7 nitrogen and oxygen atoms in total. The molecule has 2 aromatic carbocycles. The molecule has 180 valence electrons. The summed E-state index contributed by atoms with van der Waals surface area (Å²) in [6.45, 7) is 10.7. The molecule has 1 aromatic heterocycles. The van der Waals surface area contributed by atoms with Crippen molar-refractivity contribution in [1.82, 2.24) is 9.55 Å². The second-order valence-electron chi connectivity index (χ2n) is 8.49. The van der Waals surface area contributed by atoms with Gasteiger partial charge in [-0.15, -0.1) is 11.8 Å². The molecule has 34 heavy (non-hydrogen) atoms. The lowest BCUT2D eigenvalue weighted by Gasteiger charge is -2.24. The standard InChI is InChI=1S/C26H32N4O3S/c1-6-12-29(21(31)15-34-23-18(4)16(2)13-17(3)19(23)5)22-24(27)30(26(33)28-25(22)32)14-20-10-8-7-9-11-20/h7-11,13H,6,12,14-15,27H2,1-5H3,(H,28,32,33). The molecule has 1 amide bonds. The van der Waals surface area contributed by atoms with E-state index >= 15 is 0 Å². The molecule has 3 N–H and O–H groups in total. The van der Waals surface area contributed by atoms with E-state index in [0.29, 0.717) is 13.0 Å². The van der Waals surface area contributed by atoms with Crippen LogP contribution in [0.1, 0.15) is 41.2 Å². The topological polar surface area (TPSA) is 101 Å². The van der Waals surface area contributed by atoms with Crippen LogP contribution in [0.15, 0.2) is 50.9 Å². The summed E-state index contributed by atoms with van der Waals surface area (Å²) >= 11 is 1.47. The Morgan fingerprint density at radius 3 is 2.26 bits per heavy atom. The van der Waals surface area contributed by atoms with E-state index in [9.17, 15) is 14.4 Å². The third kappa shape index (κ3) is 5.28. The van der Waals surface area contributed by atoms with Gasteiger partial charge in [-0.1, -0.05) is 43.3 Å². The van der Waals surface area contributed by atoms with Gasteiger partial charge in [-0.3, -0.25) is 19.1 Å². The SMILES string of the molecule is CCCN(C(=O)CSc1c(C)c(C)cc(C)c1C)c1c(N)n(Cc2ccccc2)c(=O)[nH]c1=O. The maximum absolute atomic E-state index is 13.4. The van der Waals surface area contributed by atoms with E-state index < -0.39 is 11.2 Å². The number of carbonyl (C=O) groups excluding carboxylic acids is 1. The van der Waals surface area contributed by atoms with Gasteiger partial charge in [-0.25, -0.2) is 4.79 Å². The van der Waals surface area contributed by atoms with Crippen molar-refractivity contribution in [2.75, 3.05) is 22.9 Å². The summed E-state index contributed by atoms with van der Waals surface area (Å²) in [5, 5.41) is 0. The number of aromatic nitrogens is 2. The average molecular weight is 481 g/mol. The Morgan fingerprint density at radius 1 is 1.06 bits per heavy atom. The Kier molecular flexibility index (Phi) is 8.04. The minimum Gasteiger partial charge on any atom is -0.383 e. The molecule has 0 saturated carbocycles. The summed E-state index contributed by atoms with van der Waals surface area (Å²) in [4.78, 5) is 43.5. The second kappa shape index (κ2) is 10.8. The zero-order valence-electron chi connectivity index (χ0n) is 20.4. The molecule has 0 unspecified atom stereocenters. The number of nitrogen functional groups attached to an aromatic ring is 1. The highest BCUT2D eigenvalue weighted by molar-refractivity contribution is 8.00. The van der Waals surface area contributed by atoms with Gasteiger partial charge in [0.15, 0.2) is 5.69 Å². The minimum atomic E-state index is -0.655. The summed E-state index contributed by atoms with van der Waals surface area (Å²) in [6.07, 6.45) is 0.634. The second-order valence-corrected chi connectivity index (χ2v) is 9.47. The van der Waals surface area contributed by atoms with Gasteiger partial charge >= 0.3 is 5.69 Å². The van der Waals surface area contributed by atoms with Crippen molar-refractivity contribution in [3.05, 3.63) is 85.1 Å². The van der Waals surface area contributed by atoms with E-state index in [2.05, 4.69) is 38.7 Å². The molecule has 8 heteroatoms. The minimum absolute atomic E-state index is 0.0110. The zero-order valence-corrected chi connectivity index (χ0v) is 21.2. The van der Waals surface area contributed by atoms with Crippen molar-refractivity contribution in [3.8, 4) is 0 Å². The van der Waals surface area contributed by atoms with Crippen LogP contribution in [0, 0.1) is 27.7 Å². The smallest absolute Gasteiger partial charge is 0.330 e. The molecule has 0 aliphatic rings. The number of hydrogen-bond acceptors (Lipinski definition) is 5. The van der Waals surface area contributed by atoms with E-state index in [4.69, 9.17) is 5.73 Å². The molecule has 3 rings (SSSR count). The first-order chi connectivity index (χ1) is 16.1. The van der Waals surface area contributed by atoms with E-state index in [0.717, 1.165) is 21.6 Å². The molecule has 0 aliphatic carbocycles. The number of hydrogen-bond donors (Lipinski definition) is 2. The number of aromatic amines is 1. The number of carbonyl (C=O) groups is 1. The fraction of sp³-hybridized carbons (Fsp3) is 0.346. The van der Waals surface area contributed by atoms with Gasteiger partial charge in [0.25, 0.3) is 5.56 Å². The fourth-order valence-corrected chi connectivity index (χ4v) is 5.13. The summed E-state index contributed by atoms with van der Waals surface area (Å²) in [5.74, 6) is -0.0866. The molecule has 0 radical (unpaired) electrons. The van der Waals surface area contributed by atoms with E-state index in [1.54, 1.807) is 0 Å². The largest absolute Gasteiger partial charge is 0.383 e. The summed E-state index contributed by atoms with van der Waals surface area (Å²) < 4.78 is 1.30. The van der Waals surface area contributed by atoms with Crippen LogP contribution in [0.5, 0.6) is 0 Å². The molecular weight excluding hydrogens is 448 g/mol. The molecule has 0 atom stereocenters. The average Bonchev–Trinajstić information content (AvgIpc) is 2.80. The number of benzene rings is 2. The summed E-state index contributed by atoms with van der Waals surface area (Å²) in [7, 11) is 0. The molecule has 0 spiro atoms. The quantitative estimate of drug-likeness (QED) is 0.476. The highest BCUT2D eigenvalue weighted by Gasteiger charge is 2.24. The maximum atomic E-state index is 13.4. The van der Waals surface area contributed by atoms with Crippen LogP contribution in [-0.4, -0.2) is 27.8 Å².